The van der Waals surface area contributed by atoms with Gasteiger partial charge in [-0.05, 0) is 6.07 Å². The third-order valence-electron chi connectivity index (χ3n) is 2.79. The van der Waals surface area contributed by atoms with E-state index in [9.17, 15) is 4.79 Å². The van der Waals surface area contributed by atoms with E-state index in [1.165, 1.54) is 17.2 Å². The first-order valence-electron chi connectivity index (χ1n) is 5.54. The highest BCUT2D eigenvalue weighted by Gasteiger charge is 2.10. The molecule has 94 valence electrons. The Kier molecular flexibility index (Phi) is 2.45. The molecule has 3 heterocycles. The van der Waals surface area contributed by atoms with Crippen molar-refractivity contribution >= 4 is 16.7 Å². The van der Waals surface area contributed by atoms with Crippen molar-refractivity contribution in [2.45, 2.75) is 0 Å². The molecular weight excluding hydrogens is 244 g/mol. The number of fused-ring (bicyclic) bond motifs is 1. The van der Waals surface area contributed by atoms with Gasteiger partial charge in [-0.2, -0.15) is 0 Å². The third kappa shape index (κ3) is 1.81. The Bertz CT molecular complexity index is 812. The summed E-state index contributed by atoms with van der Waals surface area (Å²) in [4.78, 5) is 28.2. The van der Waals surface area contributed by atoms with Crippen LogP contribution in [0.4, 0.5) is 5.82 Å². The van der Waals surface area contributed by atoms with Gasteiger partial charge >= 0.3 is 0 Å². The first kappa shape index (κ1) is 11.3. The normalized spacial score (nSPS) is 10.8. The molecule has 0 unspecified atom stereocenters. The van der Waals surface area contributed by atoms with Crippen LogP contribution >= 0.6 is 0 Å². The molecule has 2 N–H and O–H groups in total. The van der Waals surface area contributed by atoms with E-state index in [-0.39, 0.29) is 11.4 Å². The molecule has 0 spiro atoms. The van der Waals surface area contributed by atoms with Gasteiger partial charge in [0, 0.05) is 25.0 Å². The van der Waals surface area contributed by atoms with E-state index in [4.69, 9.17) is 5.73 Å². The molecule has 0 bridgehead atoms. The van der Waals surface area contributed by atoms with Crippen molar-refractivity contribution < 1.29 is 0 Å². The Labute approximate surface area is 107 Å². The predicted octanol–water partition coefficient (Wildman–Crippen LogP) is 0.368. The average Bonchev–Trinajstić information content (AvgIpc) is 2.43. The van der Waals surface area contributed by atoms with E-state index in [2.05, 4.69) is 19.9 Å². The number of hydrogen-bond acceptors (Lipinski definition) is 6. The number of anilines is 1. The number of nitrogens with zero attached hydrogens (tertiary/aromatic N) is 5. The van der Waals surface area contributed by atoms with Gasteiger partial charge in [-0.3, -0.25) is 4.79 Å². The van der Waals surface area contributed by atoms with Gasteiger partial charge in [-0.15, -0.1) is 0 Å². The lowest BCUT2D eigenvalue weighted by Crippen LogP contribution is -2.18. The maximum absolute atomic E-state index is 12.0. The van der Waals surface area contributed by atoms with Crippen molar-refractivity contribution in [2.24, 2.45) is 7.05 Å². The average molecular weight is 254 g/mol. The highest BCUT2D eigenvalue weighted by Crippen LogP contribution is 2.21. The second kappa shape index (κ2) is 4.13. The molecule has 3 rings (SSSR count). The SMILES string of the molecule is Cn1cnc2cc(-c3cncnc3)nc(N)c2c1=O. The summed E-state index contributed by atoms with van der Waals surface area (Å²) >= 11 is 0. The van der Waals surface area contributed by atoms with Crippen molar-refractivity contribution in [1.82, 2.24) is 24.5 Å². The molecule has 7 nitrogen and oxygen atoms in total. The minimum atomic E-state index is -0.217. The number of aryl methyl sites for hydroxylation is 1. The van der Waals surface area contributed by atoms with Crippen LogP contribution in [0, 0.1) is 0 Å². The maximum Gasteiger partial charge on any atom is 0.264 e. The van der Waals surface area contributed by atoms with Crippen molar-refractivity contribution in [2.75, 3.05) is 5.73 Å². The summed E-state index contributed by atoms with van der Waals surface area (Å²) in [5, 5.41) is 0.325. The Morgan fingerprint density at radius 1 is 1.26 bits per heavy atom. The minimum absolute atomic E-state index is 0.157. The number of nitrogens with two attached hydrogens (primary N) is 1. The fraction of sp³-hybridized carbons (Fsp3) is 0.0833. The lowest BCUT2D eigenvalue weighted by Gasteiger charge is -2.06. The van der Waals surface area contributed by atoms with E-state index in [1.54, 1.807) is 25.5 Å². The van der Waals surface area contributed by atoms with Gasteiger partial charge in [0.1, 0.15) is 17.5 Å². The Morgan fingerprint density at radius 2 is 2.00 bits per heavy atom. The maximum atomic E-state index is 12.0. The zero-order valence-electron chi connectivity index (χ0n) is 10.1. The lowest BCUT2D eigenvalue weighted by atomic mass is 10.2. The molecule has 0 fully saturated rings. The molecule has 0 saturated carbocycles. The highest BCUT2D eigenvalue weighted by atomic mass is 16.1. The van der Waals surface area contributed by atoms with E-state index in [1.807, 2.05) is 0 Å². The summed E-state index contributed by atoms with van der Waals surface area (Å²) in [5.74, 6) is 0.157. The van der Waals surface area contributed by atoms with E-state index in [0.29, 0.717) is 16.6 Å². The molecule has 0 aliphatic carbocycles. The Balaban J connectivity index is 2.33. The minimum Gasteiger partial charge on any atom is -0.383 e. The molecule has 0 radical (unpaired) electrons. The van der Waals surface area contributed by atoms with E-state index in [0.717, 1.165) is 5.56 Å². The number of rotatable bonds is 1. The topological polar surface area (TPSA) is 99.6 Å². The smallest absolute Gasteiger partial charge is 0.264 e. The molecular formula is C12H10N6O. The molecule has 3 aromatic heterocycles. The van der Waals surface area contributed by atoms with Crippen LogP contribution in [-0.2, 0) is 7.05 Å². The zero-order chi connectivity index (χ0) is 13.4. The monoisotopic (exact) mass is 254 g/mol. The van der Waals surface area contributed by atoms with Crippen molar-refractivity contribution in [3.05, 3.63) is 41.5 Å². The first-order valence-corrected chi connectivity index (χ1v) is 5.54. The molecule has 0 atom stereocenters. The fourth-order valence-electron chi connectivity index (χ4n) is 1.83. The number of aromatic nitrogens is 5. The van der Waals surface area contributed by atoms with Gasteiger partial charge in [-0.25, -0.2) is 19.9 Å². The Morgan fingerprint density at radius 3 is 2.74 bits per heavy atom. The number of pyridine rings is 1. The van der Waals surface area contributed by atoms with Gasteiger partial charge in [0.05, 0.1) is 17.5 Å². The molecule has 7 heteroatoms. The molecule has 3 aromatic rings. The van der Waals surface area contributed by atoms with Crippen LogP contribution in [0.3, 0.4) is 0 Å². The standard InChI is InChI=1S/C12H10N6O/c1-18-6-16-9-2-8(7-3-14-5-15-4-7)17-11(13)10(9)12(18)19/h2-6H,1H3,(H2,13,17). The molecule has 19 heavy (non-hydrogen) atoms. The quantitative estimate of drug-likeness (QED) is 0.673. The summed E-state index contributed by atoms with van der Waals surface area (Å²) in [6, 6.07) is 1.70. The van der Waals surface area contributed by atoms with E-state index < -0.39 is 0 Å². The van der Waals surface area contributed by atoms with E-state index >= 15 is 0 Å². The summed E-state index contributed by atoms with van der Waals surface area (Å²) in [6.45, 7) is 0. The van der Waals surface area contributed by atoms with Gasteiger partial charge < -0.3 is 10.3 Å². The summed E-state index contributed by atoms with van der Waals surface area (Å²) in [5.41, 5.74) is 7.46. The zero-order valence-corrected chi connectivity index (χ0v) is 10.1. The lowest BCUT2D eigenvalue weighted by molar-refractivity contribution is 0.842. The molecule has 0 aliphatic heterocycles. The molecule has 0 amide bonds. The first-order chi connectivity index (χ1) is 9.16. The largest absolute Gasteiger partial charge is 0.383 e. The van der Waals surface area contributed by atoms with Gasteiger partial charge in [0.25, 0.3) is 5.56 Å². The van der Waals surface area contributed by atoms with Crippen LogP contribution in [0.1, 0.15) is 0 Å². The summed E-state index contributed by atoms with van der Waals surface area (Å²) < 4.78 is 1.37. The van der Waals surface area contributed by atoms with Crippen LogP contribution in [0.15, 0.2) is 35.9 Å². The number of nitrogen functional groups attached to an aromatic ring is 1. The molecule has 0 aromatic carbocycles. The van der Waals surface area contributed by atoms with Gasteiger partial charge in [0.15, 0.2) is 0 Å². The second-order valence-electron chi connectivity index (χ2n) is 4.07. The van der Waals surface area contributed by atoms with Crippen molar-refractivity contribution in [3.63, 3.8) is 0 Å². The fourth-order valence-corrected chi connectivity index (χ4v) is 1.83. The molecule has 0 aliphatic rings. The van der Waals surface area contributed by atoms with Crippen LogP contribution in [0.5, 0.6) is 0 Å². The summed E-state index contributed by atoms with van der Waals surface area (Å²) in [7, 11) is 1.62. The van der Waals surface area contributed by atoms with Crippen LogP contribution < -0.4 is 11.3 Å². The molecule has 0 saturated heterocycles. The Hall–Kier alpha value is -2.83. The van der Waals surface area contributed by atoms with Crippen molar-refractivity contribution in [3.8, 4) is 11.3 Å². The summed E-state index contributed by atoms with van der Waals surface area (Å²) in [6.07, 6.45) is 6.14. The predicted molar refractivity (Wildman–Crippen MR) is 70.2 cm³/mol. The van der Waals surface area contributed by atoms with Gasteiger partial charge in [-0.1, -0.05) is 0 Å². The third-order valence-corrected chi connectivity index (χ3v) is 2.79. The second-order valence-corrected chi connectivity index (χ2v) is 4.07. The van der Waals surface area contributed by atoms with Crippen LogP contribution in [0.2, 0.25) is 0 Å². The highest BCUT2D eigenvalue weighted by molar-refractivity contribution is 5.90. The number of hydrogen-bond donors (Lipinski definition) is 1. The van der Waals surface area contributed by atoms with Crippen LogP contribution in [-0.4, -0.2) is 24.5 Å². The van der Waals surface area contributed by atoms with Crippen molar-refractivity contribution in [1.29, 1.82) is 0 Å². The van der Waals surface area contributed by atoms with Gasteiger partial charge in [0.2, 0.25) is 0 Å². The van der Waals surface area contributed by atoms with Crippen LogP contribution in [0.25, 0.3) is 22.2 Å².